The van der Waals surface area contributed by atoms with Crippen LogP contribution in [0.1, 0.15) is 27.0 Å². The van der Waals surface area contributed by atoms with E-state index in [4.69, 9.17) is 4.42 Å². The standard InChI is InChI=1S/C21H13F6N3O2/c22-20(23,24)14-3-1-12(2-4-14)10-30-17-9-15(21(25,26)27)5-6-16(17)18(29-30)28-19(31)13-7-8-32-11-13/h1-9,11H,10H2,(H,28,29,31). The van der Waals surface area contributed by atoms with E-state index in [2.05, 4.69) is 10.4 Å². The Morgan fingerprint density at radius 3 is 2.19 bits per heavy atom. The first kappa shape index (κ1) is 21.5. The lowest BCUT2D eigenvalue weighted by atomic mass is 10.1. The summed E-state index contributed by atoms with van der Waals surface area (Å²) >= 11 is 0. The molecule has 0 aliphatic heterocycles. The third-order valence-corrected chi connectivity index (χ3v) is 4.71. The molecule has 0 saturated carbocycles. The number of hydrogen-bond donors (Lipinski definition) is 1. The van der Waals surface area contributed by atoms with Crippen molar-refractivity contribution in [1.82, 2.24) is 9.78 Å². The van der Waals surface area contributed by atoms with Crippen molar-refractivity contribution in [3.05, 3.63) is 83.3 Å². The summed E-state index contributed by atoms with van der Waals surface area (Å²) in [5, 5.41) is 6.95. The second kappa shape index (κ2) is 7.74. The zero-order chi connectivity index (χ0) is 23.1. The Kier molecular flexibility index (Phi) is 5.19. The van der Waals surface area contributed by atoms with Gasteiger partial charge in [-0.15, -0.1) is 0 Å². The summed E-state index contributed by atoms with van der Waals surface area (Å²) < 4.78 is 84.0. The van der Waals surface area contributed by atoms with Crippen molar-refractivity contribution in [3.8, 4) is 0 Å². The Balaban J connectivity index is 1.73. The molecule has 5 nitrogen and oxygen atoms in total. The van der Waals surface area contributed by atoms with Crippen LogP contribution >= 0.6 is 0 Å². The number of aromatic nitrogens is 2. The quantitative estimate of drug-likeness (QED) is 0.388. The second-order valence-electron chi connectivity index (χ2n) is 6.90. The van der Waals surface area contributed by atoms with Gasteiger partial charge in [0.05, 0.1) is 35.0 Å². The highest BCUT2D eigenvalue weighted by Gasteiger charge is 2.32. The summed E-state index contributed by atoms with van der Waals surface area (Å²) in [6.45, 7) is -0.114. The highest BCUT2D eigenvalue weighted by atomic mass is 19.4. The summed E-state index contributed by atoms with van der Waals surface area (Å²) in [7, 11) is 0. The number of anilines is 1. The molecule has 2 heterocycles. The summed E-state index contributed by atoms with van der Waals surface area (Å²) in [5.41, 5.74) is -1.15. The fraction of sp³-hybridized carbons (Fsp3) is 0.143. The zero-order valence-electron chi connectivity index (χ0n) is 16.0. The molecule has 32 heavy (non-hydrogen) atoms. The Bertz CT molecular complexity index is 1260. The molecule has 4 aromatic rings. The molecule has 0 radical (unpaired) electrons. The molecule has 0 aliphatic carbocycles. The van der Waals surface area contributed by atoms with E-state index in [1.807, 2.05) is 0 Å². The lowest BCUT2D eigenvalue weighted by Gasteiger charge is -2.09. The minimum atomic E-state index is -4.61. The molecule has 11 heteroatoms. The number of alkyl halides is 6. The molecule has 4 rings (SSSR count). The maximum absolute atomic E-state index is 13.2. The van der Waals surface area contributed by atoms with Crippen molar-refractivity contribution in [1.29, 1.82) is 0 Å². The van der Waals surface area contributed by atoms with Crippen LogP contribution in [0.3, 0.4) is 0 Å². The van der Waals surface area contributed by atoms with E-state index in [9.17, 15) is 31.1 Å². The molecule has 166 valence electrons. The van der Waals surface area contributed by atoms with E-state index >= 15 is 0 Å². The smallest absolute Gasteiger partial charge is 0.416 e. The Hall–Kier alpha value is -3.76. The Morgan fingerprint density at radius 1 is 0.938 bits per heavy atom. The van der Waals surface area contributed by atoms with Gasteiger partial charge in [0.2, 0.25) is 0 Å². The van der Waals surface area contributed by atoms with Crippen molar-refractivity contribution >= 4 is 22.6 Å². The number of rotatable bonds is 4. The van der Waals surface area contributed by atoms with Gasteiger partial charge >= 0.3 is 12.4 Å². The highest BCUT2D eigenvalue weighted by Crippen LogP contribution is 2.34. The molecule has 0 fully saturated rings. The predicted octanol–water partition coefficient (Wildman–Crippen LogP) is 5.97. The zero-order valence-corrected chi connectivity index (χ0v) is 16.0. The number of furan rings is 1. The van der Waals surface area contributed by atoms with Crippen molar-refractivity contribution in [3.63, 3.8) is 0 Å². The normalized spacial score (nSPS) is 12.3. The van der Waals surface area contributed by atoms with Crippen molar-refractivity contribution in [2.24, 2.45) is 0 Å². The number of nitrogens with zero attached hydrogens (tertiary/aromatic N) is 2. The largest absolute Gasteiger partial charge is 0.472 e. The Labute approximate surface area is 176 Å². The van der Waals surface area contributed by atoms with Gasteiger partial charge < -0.3 is 9.73 Å². The summed E-state index contributed by atoms with van der Waals surface area (Å²) in [6.07, 6.45) is -6.65. The van der Waals surface area contributed by atoms with Crippen LogP contribution in [0.15, 0.2) is 65.5 Å². The molecule has 0 spiro atoms. The Morgan fingerprint density at radius 2 is 1.59 bits per heavy atom. The second-order valence-corrected chi connectivity index (χ2v) is 6.90. The van der Waals surface area contributed by atoms with Crippen molar-refractivity contribution < 1.29 is 35.6 Å². The van der Waals surface area contributed by atoms with Crippen LogP contribution < -0.4 is 5.32 Å². The average molecular weight is 453 g/mol. The van der Waals surface area contributed by atoms with Gasteiger partial charge in [0.15, 0.2) is 5.82 Å². The van der Waals surface area contributed by atoms with Crippen LogP contribution in [0.5, 0.6) is 0 Å². The number of benzene rings is 2. The lowest BCUT2D eigenvalue weighted by Crippen LogP contribution is -2.12. The molecule has 0 unspecified atom stereocenters. The van der Waals surface area contributed by atoms with E-state index in [-0.39, 0.29) is 28.8 Å². The number of nitrogens with one attached hydrogen (secondary N) is 1. The van der Waals surface area contributed by atoms with Gasteiger partial charge in [0.25, 0.3) is 5.91 Å². The SMILES string of the molecule is O=C(Nc1nn(Cc2ccc(C(F)(F)F)cc2)c2cc(C(F)(F)F)ccc12)c1ccoc1. The maximum Gasteiger partial charge on any atom is 0.416 e. The van der Waals surface area contributed by atoms with Crippen LogP contribution in [0.2, 0.25) is 0 Å². The number of hydrogen-bond acceptors (Lipinski definition) is 3. The van der Waals surface area contributed by atoms with Gasteiger partial charge in [-0.3, -0.25) is 9.48 Å². The fourth-order valence-electron chi connectivity index (χ4n) is 3.11. The third kappa shape index (κ3) is 4.32. The molecule has 2 aromatic carbocycles. The first-order valence-electron chi connectivity index (χ1n) is 9.10. The molecule has 0 aliphatic rings. The van der Waals surface area contributed by atoms with Gasteiger partial charge in [0.1, 0.15) is 6.26 Å². The van der Waals surface area contributed by atoms with Crippen molar-refractivity contribution in [2.45, 2.75) is 18.9 Å². The molecule has 0 saturated heterocycles. The van der Waals surface area contributed by atoms with Crippen LogP contribution in [0.4, 0.5) is 32.2 Å². The summed E-state index contributed by atoms with van der Waals surface area (Å²) in [4.78, 5) is 12.3. The molecule has 1 N–H and O–H groups in total. The third-order valence-electron chi connectivity index (χ3n) is 4.71. The lowest BCUT2D eigenvalue weighted by molar-refractivity contribution is -0.138. The topological polar surface area (TPSA) is 60.1 Å². The first-order valence-corrected chi connectivity index (χ1v) is 9.10. The van der Waals surface area contributed by atoms with E-state index in [0.29, 0.717) is 5.56 Å². The summed E-state index contributed by atoms with van der Waals surface area (Å²) in [5.74, 6) is -0.577. The summed E-state index contributed by atoms with van der Waals surface area (Å²) in [6, 6.07) is 8.51. The molecular weight excluding hydrogens is 440 g/mol. The molecule has 2 aromatic heterocycles. The minimum absolute atomic E-state index is 0.00633. The van der Waals surface area contributed by atoms with Gasteiger partial charge in [-0.1, -0.05) is 12.1 Å². The first-order chi connectivity index (χ1) is 15.0. The molecular formula is C21H13F6N3O2. The van der Waals surface area contributed by atoms with Crippen LogP contribution in [-0.4, -0.2) is 15.7 Å². The monoisotopic (exact) mass is 453 g/mol. The predicted molar refractivity (Wildman–Crippen MR) is 102 cm³/mol. The maximum atomic E-state index is 13.2. The van der Waals surface area contributed by atoms with E-state index in [1.54, 1.807) is 0 Å². The number of carbonyl (C=O) groups excluding carboxylic acids is 1. The number of fused-ring (bicyclic) bond motifs is 1. The molecule has 1 amide bonds. The minimum Gasteiger partial charge on any atom is -0.472 e. The number of halogens is 6. The van der Waals surface area contributed by atoms with Gasteiger partial charge in [0, 0.05) is 5.39 Å². The van der Waals surface area contributed by atoms with Crippen LogP contribution in [0, 0.1) is 0 Å². The fourth-order valence-corrected chi connectivity index (χ4v) is 3.11. The van der Waals surface area contributed by atoms with Crippen LogP contribution in [-0.2, 0) is 18.9 Å². The van der Waals surface area contributed by atoms with E-state index in [1.165, 1.54) is 41.5 Å². The van der Waals surface area contributed by atoms with Gasteiger partial charge in [-0.25, -0.2) is 0 Å². The number of carbonyl (C=O) groups is 1. The van der Waals surface area contributed by atoms with E-state index in [0.717, 1.165) is 24.3 Å². The van der Waals surface area contributed by atoms with Crippen LogP contribution in [0.25, 0.3) is 10.9 Å². The van der Waals surface area contributed by atoms with Crippen molar-refractivity contribution in [2.75, 3.05) is 5.32 Å². The van der Waals surface area contributed by atoms with E-state index < -0.39 is 29.4 Å². The van der Waals surface area contributed by atoms with Gasteiger partial charge in [-0.2, -0.15) is 31.4 Å². The highest BCUT2D eigenvalue weighted by molar-refractivity contribution is 6.07. The number of amides is 1. The average Bonchev–Trinajstić information content (AvgIpc) is 3.36. The molecule has 0 atom stereocenters. The van der Waals surface area contributed by atoms with Gasteiger partial charge in [-0.05, 0) is 42.0 Å². The molecule has 0 bridgehead atoms.